The number of benzene rings is 4. The highest BCUT2D eigenvalue weighted by molar-refractivity contribution is 7.88. The second-order valence-corrected chi connectivity index (χ2v) is 17.6. The second-order valence-electron chi connectivity index (χ2n) is 15.9. The van der Waals surface area contributed by atoms with E-state index in [4.69, 9.17) is 11.1 Å². The maximum Gasteiger partial charge on any atom is 0.243 e. The van der Waals surface area contributed by atoms with E-state index in [1.165, 1.54) is 0 Å². The van der Waals surface area contributed by atoms with E-state index in [1.54, 1.807) is 103 Å². The van der Waals surface area contributed by atoms with Gasteiger partial charge in [0.2, 0.25) is 33.7 Å². The number of hydrogen-bond donors (Lipinski definition) is 7. The molecule has 1 fully saturated rings. The molecule has 4 aromatic carbocycles. The number of carbonyl (C=O) groups excluding carboxylic acids is 4. The lowest BCUT2D eigenvalue weighted by molar-refractivity contribution is -0.129. The Balaban J connectivity index is 1.28. The molecule has 8 N–H and O–H groups in total. The number of hydrogen-bond acceptors (Lipinski definition) is 9. The molecule has 5 aliphatic heterocycles. The van der Waals surface area contributed by atoms with Gasteiger partial charge in [0.1, 0.15) is 17.9 Å². The molecule has 4 atom stereocenters. The topological polar surface area (TPSA) is 219 Å². The van der Waals surface area contributed by atoms with Crippen LogP contribution in [-0.4, -0.2) is 98.0 Å². The zero-order valence-corrected chi connectivity index (χ0v) is 35.3. The second kappa shape index (κ2) is 20.5. The predicted octanol–water partition coefficient (Wildman–Crippen LogP) is 3.11. The van der Waals surface area contributed by atoms with Gasteiger partial charge in [0.05, 0.1) is 5.75 Å². The van der Waals surface area contributed by atoms with E-state index in [0.717, 1.165) is 31.7 Å². The van der Waals surface area contributed by atoms with Gasteiger partial charge < -0.3 is 27.0 Å². The van der Waals surface area contributed by atoms with Crippen molar-refractivity contribution in [3.05, 3.63) is 131 Å². The third kappa shape index (κ3) is 13.3. The number of piperazine rings is 1. The lowest BCUT2D eigenvalue weighted by Gasteiger charge is -2.40. The zero-order chi connectivity index (χ0) is 43.5. The molecule has 4 amide bonds. The number of sulfonamides is 1. The monoisotopic (exact) mass is 849 g/mol. The van der Waals surface area contributed by atoms with Crippen LogP contribution in [0.2, 0.25) is 0 Å². The van der Waals surface area contributed by atoms with Crippen LogP contribution in [0.1, 0.15) is 54.5 Å². The van der Waals surface area contributed by atoms with Gasteiger partial charge in [-0.05, 0) is 66.8 Å². The largest absolute Gasteiger partial charge is 0.384 e. The number of anilines is 2. The highest BCUT2D eigenvalue weighted by atomic mass is 32.2. The predicted molar refractivity (Wildman–Crippen MR) is 236 cm³/mol. The van der Waals surface area contributed by atoms with Crippen LogP contribution in [0.5, 0.6) is 0 Å². The van der Waals surface area contributed by atoms with Gasteiger partial charge >= 0.3 is 0 Å². The number of rotatable bonds is 8. The third-order valence-electron chi connectivity index (χ3n) is 11.1. The Hall–Kier alpha value is -5.94. The Morgan fingerprint density at radius 3 is 1.72 bits per heavy atom. The first kappa shape index (κ1) is 44.6. The van der Waals surface area contributed by atoms with E-state index in [2.05, 4.69) is 35.8 Å². The number of fused-ring (bicyclic) bond motifs is 3. The van der Waals surface area contributed by atoms with Crippen molar-refractivity contribution in [1.29, 1.82) is 5.41 Å². The molecule has 0 unspecified atom stereocenters. The van der Waals surface area contributed by atoms with Crippen LogP contribution in [0.4, 0.5) is 11.4 Å². The average Bonchev–Trinajstić information content (AvgIpc) is 3.23. The molecule has 4 aromatic rings. The molecule has 61 heavy (non-hydrogen) atoms. The Morgan fingerprint density at radius 1 is 0.705 bits per heavy atom. The van der Waals surface area contributed by atoms with E-state index < -0.39 is 33.9 Å². The van der Waals surface area contributed by atoms with Crippen molar-refractivity contribution in [3.8, 4) is 0 Å². The summed E-state index contributed by atoms with van der Waals surface area (Å²) in [7, 11) is -4.07. The zero-order valence-electron chi connectivity index (χ0n) is 34.5. The van der Waals surface area contributed by atoms with E-state index in [1.807, 2.05) is 13.8 Å². The number of nitrogens with one attached hydrogen (secondary N) is 6. The van der Waals surface area contributed by atoms with E-state index in [9.17, 15) is 27.6 Å². The van der Waals surface area contributed by atoms with Gasteiger partial charge in [-0.15, -0.1) is 0 Å². The van der Waals surface area contributed by atoms with Gasteiger partial charge in [0.25, 0.3) is 0 Å². The van der Waals surface area contributed by atoms with Crippen LogP contribution in [0, 0.1) is 5.41 Å². The van der Waals surface area contributed by atoms with Crippen molar-refractivity contribution in [1.82, 2.24) is 25.2 Å². The van der Waals surface area contributed by atoms with Gasteiger partial charge in [-0.3, -0.25) is 34.4 Å². The Morgan fingerprint density at radius 2 is 1.21 bits per heavy atom. The number of carbonyl (C=O) groups is 4. The summed E-state index contributed by atoms with van der Waals surface area (Å²) in [6.07, 6.45) is 0.570. The summed E-state index contributed by atoms with van der Waals surface area (Å²) >= 11 is 0. The molecule has 9 rings (SSSR count). The minimum absolute atomic E-state index is 0.00292. The summed E-state index contributed by atoms with van der Waals surface area (Å²) in [6.45, 7) is 7.27. The van der Waals surface area contributed by atoms with E-state index in [-0.39, 0.29) is 61.3 Å². The molecule has 5 heterocycles. The highest BCUT2D eigenvalue weighted by Crippen LogP contribution is 2.19. The molecule has 5 aliphatic rings. The Bertz CT molecular complexity index is 2270. The molecule has 0 aliphatic carbocycles. The van der Waals surface area contributed by atoms with Gasteiger partial charge in [-0.25, -0.2) is 13.1 Å². The van der Waals surface area contributed by atoms with Gasteiger partial charge in [0, 0.05) is 81.0 Å². The normalized spacial score (nSPS) is 23.1. The van der Waals surface area contributed by atoms with Gasteiger partial charge in [0.15, 0.2) is 0 Å². The van der Waals surface area contributed by atoms with Crippen molar-refractivity contribution >= 4 is 50.9 Å². The first-order valence-corrected chi connectivity index (χ1v) is 22.2. The average molecular weight is 850 g/mol. The molecular formula is C45H55N9O6S. The van der Waals surface area contributed by atoms with Crippen molar-refractivity contribution < 1.29 is 27.6 Å². The summed E-state index contributed by atoms with van der Waals surface area (Å²) in [5.41, 5.74) is 9.85. The highest BCUT2D eigenvalue weighted by Gasteiger charge is 2.30. The number of nitrogens with two attached hydrogens (primary N) is 1. The quantitative estimate of drug-likeness (QED) is 0.102. The fourth-order valence-electron chi connectivity index (χ4n) is 7.59. The van der Waals surface area contributed by atoms with Crippen LogP contribution < -0.4 is 31.7 Å². The number of amides is 4. The maximum absolute atomic E-state index is 14.3. The summed E-state index contributed by atoms with van der Waals surface area (Å²) in [4.78, 5) is 59.1. The van der Waals surface area contributed by atoms with Crippen LogP contribution in [0.3, 0.4) is 0 Å². The Kier molecular flexibility index (Phi) is 15.0. The number of nitrogens with zero attached hydrogens (tertiary/aromatic N) is 2. The minimum Gasteiger partial charge on any atom is -0.384 e. The summed E-state index contributed by atoms with van der Waals surface area (Å²) in [6, 6.07) is 26.9. The van der Waals surface area contributed by atoms with Crippen molar-refractivity contribution in [3.63, 3.8) is 0 Å². The van der Waals surface area contributed by atoms with Gasteiger partial charge in [-0.1, -0.05) is 78.9 Å². The molecule has 6 bridgehead atoms. The summed E-state index contributed by atoms with van der Waals surface area (Å²) in [5, 5.41) is 19.3. The molecule has 0 aromatic heterocycles. The number of nitrogen functional groups attached to an aromatic ring is 1. The fourth-order valence-corrected chi connectivity index (χ4v) is 8.93. The molecule has 15 nitrogen and oxygen atoms in total. The smallest absolute Gasteiger partial charge is 0.243 e. The molecular weight excluding hydrogens is 795 g/mol. The third-order valence-corrected chi connectivity index (χ3v) is 12.5. The van der Waals surface area contributed by atoms with E-state index >= 15 is 0 Å². The van der Waals surface area contributed by atoms with Crippen molar-refractivity contribution in [2.75, 3.05) is 36.8 Å². The van der Waals surface area contributed by atoms with E-state index in [0.29, 0.717) is 40.0 Å². The van der Waals surface area contributed by atoms with Gasteiger partial charge in [-0.2, -0.15) is 0 Å². The molecule has 16 heteroatoms. The summed E-state index contributed by atoms with van der Waals surface area (Å²) in [5.74, 6) is -1.96. The molecule has 1 saturated heterocycles. The number of amidine groups is 1. The van der Waals surface area contributed by atoms with Crippen LogP contribution in [0.25, 0.3) is 0 Å². The SMILES string of the molecule is C[C@@H]1CC(=O)Nc2ccc(cc2)C[C@@H](NS(=O)(=O)Cc2ccccc2)C(=O)N[C@H](C(=O)NCc2ccc(C(=N)N)cc2)Cc2ccc(cc2)NC(=O)C[C@H](C)N2CCN1CC2. The van der Waals surface area contributed by atoms with Crippen molar-refractivity contribution in [2.45, 2.75) is 76.0 Å². The van der Waals surface area contributed by atoms with Crippen LogP contribution in [0.15, 0.2) is 103 Å². The first-order chi connectivity index (χ1) is 29.2. The fraction of sp³-hybridized carbons (Fsp3) is 0.356. The lowest BCUT2D eigenvalue weighted by Crippen LogP contribution is -2.55. The summed E-state index contributed by atoms with van der Waals surface area (Å²) < 4.78 is 29.8. The molecule has 0 spiro atoms. The molecule has 0 radical (unpaired) electrons. The van der Waals surface area contributed by atoms with Crippen LogP contribution >= 0.6 is 0 Å². The lowest BCUT2D eigenvalue weighted by atomic mass is 10.0. The van der Waals surface area contributed by atoms with Crippen LogP contribution in [-0.2, 0) is 54.3 Å². The molecule has 322 valence electrons. The Labute approximate surface area is 357 Å². The standard InChI is InChI=1S/C45H55N9O6S/c1-30-24-41(55)49-37-16-10-32(11-17-37)26-39(44(57)48-28-34-8-14-36(15-9-34)43(46)47)51-45(58)40(52-61(59,60)29-35-6-4-3-5-7-35)27-33-12-18-38(19-13-33)50-42(56)25-31(2)54-22-20-53(30)21-23-54/h3-19,30-31,39-40,52H,20-29H2,1-2H3,(H3,46,47)(H,48,57)(H,49,55)(H,50,56)(H,51,58)/t30-,31+,39-,40+/m0/s1. The molecule has 0 saturated carbocycles. The minimum atomic E-state index is -4.07. The maximum atomic E-state index is 14.3. The first-order valence-electron chi connectivity index (χ1n) is 20.5. The van der Waals surface area contributed by atoms with Crippen molar-refractivity contribution in [2.24, 2.45) is 5.73 Å².